The van der Waals surface area contributed by atoms with Crippen LogP contribution in [-0.4, -0.2) is 18.7 Å². The van der Waals surface area contributed by atoms with Crippen molar-refractivity contribution in [1.29, 1.82) is 0 Å². The van der Waals surface area contributed by atoms with Crippen molar-refractivity contribution >= 4 is 35.0 Å². The number of anilines is 1. The number of amides is 1. The summed E-state index contributed by atoms with van der Waals surface area (Å²) in [6.07, 6.45) is 1.82. The smallest absolute Gasteiger partial charge is 0.280 e. The number of ether oxygens (including phenoxy) is 1. The summed E-state index contributed by atoms with van der Waals surface area (Å²) in [5.41, 5.74) is 2.80. The molecule has 0 unspecified atom stereocenters. The lowest BCUT2D eigenvalue weighted by molar-refractivity contribution is -0.114. The molecule has 23 heavy (non-hydrogen) atoms. The number of hydrogen-bond acceptors (Lipinski definition) is 3. The molecular formula is C18H15ClN2O2. The first-order valence-corrected chi connectivity index (χ1v) is 7.47. The number of nitrogens with zero attached hydrogens (tertiary/aromatic N) is 2. The van der Waals surface area contributed by atoms with Crippen LogP contribution in [-0.2, 0) is 4.79 Å². The standard InChI is InChI=1S/C18H15ClN2O2/c1-12-17(10-13-6-8-16(23-2)9-7-13)18(22)21(20-12)15-5-3-4-14(19)11-15/h3-11H,1-2H3/b17-10+. The lowest BCUT2D eigenvalue weighted by Crippen LogP contribution is -2.21. The number of hydrogen-bond donors (Lipinski definition) is 0. The Balaban J connectivity index is 1.91. The molecule has 2 aromatic carbocycles. The van der Waals surface area contributed by atoms with Gasteiger partial charge in [-0.2, -0.15) is 10.1 Å². The Hall–Kier alpha value is -2.59. The fourth-order valence-corrected chi connectivity index (χ4v) is 2.52. The minimum absolute atomic E-state index is 0.166. The maximum Gasteiger partial charge on any atom is 0.280 e. The van der Waals surface area contributed by atoms with E-state index in [1.165, 1.54) is 5.01 Å². The average Bonchev–Trinajstić information content (AvgIpc) is 2.84. The molecule has 1 aliphatic rings. The summed E-state index contributed by atoms with van der Waals surface area (Å²) in [4.78, 5) is 12.6. The summed E-state index contributed by atoms with van der Waals surface area (Å²) >= 11 is 5.99. The first-order valence-electron chi connectivity index (χ1n) is 7.10. The predicted octanol–water partition coefficient (Wildman–Crippen LogP) is 4.15. The average molecular weight is 327 g/mol. The van der Waals surface area contributed by atoms with Gasteiger partial charge in [-0.1, -0.05) is 29.8 Å². The highest BCUT2D eigenvalue weighted by molar-refractivity contribution is 6.33. The first-order chi connectivity index (χ1) is 11.1. The molecule has 0 fully saturated rings. The Morgan fingerprint density at radius 2 is 1.91 bits per heavy atom. The van der Waals surface area contributed by atoms with Crippen LogP contribution in [0.2, 0.25) is 5.02 Å². The van der Waals surface area contributed by atoms with Crippen LogP contribution >= 0.6 is 11.6 Å². The van der Waals surface area contributed by atoms with Crippen LogP contribution in [0, 0.1) is 0 Å². The number of rotatable bonds is 3. The molecule has 5 heteroatoms. The van der Waals surface area contributed by atoms with E-state index in [-0.39, 0.29) is 5.91 Å². The minimum atomic E-state index is -0.166. The van der Waals surface area contributed by atoms with Gasteiger partial charge >= 0.3 is 0 Å². The van der Waals surface area contributed by atoms with Crippen molar-refractivity contribution in [2.75, 3.05) is 12.1 Å². The zero-order valence-electron chi connectivity index (χ0n) is 12.8. The summed E-state index contributed by atoms with van der Waals surface area (Å²) in [7, 11) is 1.62. The van der Waals surface area contributed by atoms with Gasteiger partial charge < -0.3 is 4.74 Å². The van der Waals surface area contributed by atoms with Gasteiger partial charge in [-0.3, -0.25) is 4.79 Å². The summed E-state index contributed by atoms with van der Waals surface area (Å²) in [5, 5.41) is 6.28. The molecule has 3 rings (SSSR count). The topological polar surface area (TPSA) is 41.9 Å². The predicted molar refractivity (Wildman–Crippen MR) is 93.0 cm³/mol. The van der Waals surface area contributed by atoms with Gasteiger partial charge in [0.2, 0.25) is 0 Å². The van der Waals surface area contributed by atoms with E-state index in [9.17, 15) is 4.79 Å². The molecule has 1 amide bonds. The monoisotopic (exact) mass is 326 g/mol. The summed E-state index contributed by atoms with van der Waals surface area (Å²) < 4.78 is 5.14. The zero-order valence-corrected chi connectivity index (χ0v) is 13.5. The van der Waals surface area contributed by atoms with Gasteiger partial charge in [-0.25, -0.2) is 0 Å². The van der Waals surface area contributed by atoms with Crippen LogP contribution in [0.15, 0.2) is 59.2 Å². The van der Waals surface area contributed by atoms with Crippen molar-refractivity contribution in [2.24, 2.45) is 5.10 Å². The maximum atomic E-state index is 12.6. The highest BCUT2D eigenvalue weighted by Gasteiger charge is 2.28. The van der Waals surface area contributed by atoms with Crippen molar-refractivity contribution in [2.45, 2.75) is 6.92 Å². The fourth-order valence-electron chi connectivity index (χ4n) is 2.33. The Morgan fingerprint density at radius 3 is 2.57 bits per heavy atom. The molecule has 116 valence electrons. The van der Waals surface area contributed by atoms with E-state index in [0.717, 1.165) is 11.3 Å². The second kappa shape index (κ2) is 6.26. The number of carbonyl (C=O) groups excluding carboxylic acids is 1. The molecular weight excluding hydrogens is 312 g/mol. The molecule has 0 aliphatic carbocycles. The van der Waals surface area contributed by atoms with Crippen LogP contribution in [0.3, 0.4) is 0 Å². The highest BCUT2D eigenvalue weighted by Crippen LogP contribution is 2.27. The van der Waals surface area contributed by atoms with Crippen molar-refractivity contribution in [3.8, 4) is 5.75 Å². The van der Waals surface area contributed by atoms with E-state index in [4.69, 9.17) is 16.3 Å². The van der Waals surface area contributed by atoms with Gasteiger partial charge in [0.25, 0.3) is 5.91 Å². The molecule has 0 aromatic heterocycles. The number of halogens is 1. The number of hydrazone groups is 1. The largest absolute Gasteiger partial charge is 0.497 e. The summed E-state index contributed by atoms with van der Waals surface area (Å²) in [6.45, 7) is 1.82. The van der Waals surface area contributed by atoms with Gasteiger partial charge in [0, 0.05) is 5.02 Å². The SMILES string of the molecule is COc1ccc(/C=C2/C(=O)N(c3cccc(Cl)c3)N=C2C)cc1. The number of methoxy groups -OCH3 is 1. The lowest BCUT2D eigenvalue weighted by atomic mass is 10.1. The number of benzene rings is 2. The van der Waals surface area contributed by atoms with E-state index in [1.807, 2.05) is 37.3 Å². The van der Waals surface area contributed by atoms with Crippen LogP contribution in [0.5, 0.6) is 5.75 Å². The van der Waals surface area contributed by atoms with Gasteiger partial charge in [0.1, 0.15) is 5.75 Å². The first kappa shape index (κ1) is 15.3. The summed E-state index contributed by atoms with van der Waals surface area (Å²) in [5.74, 6) is 0.608. The molecule has 4 nitrogen and oxygen atoms in total. The molecule has 0 radical (unpaired) electrons. The molecule has 0 bridgehead atoms. The number of carbonyl (C=O) groups is 1. The second-order valence-corrected chi connectivity index (χ2v) is 5.55. The van der Waals surface area contributed by atoms with Gasteiger partial charge in [0.15, 0.2) is 0 Å². The Labute approximate surface area is 139 Å². The maximum absolute atomic E-state index is 12.6. The molecule has 0 saturated carbocycles. The van der Waals surface area contributed by atoms with E-state index in [1.54, 1.807) is 31.4 Å². The molecule has 0 spiro atoms. The molecule has 1 heterocycles. The molecule has 0 saturated heterocycles. The molecule has 2 aromatic rings. The Kier molecular flexibility index (Phi) is 4.17. The lowest BCUT2D eigenvalue weighted by Gasteiger charge is -2.11. The van der Waals surface area contributed by atoms with E-state index >= 15 is 0 Å². The van der Waals surface area contributed by atoms with Crippen molar-refractivity contribution in [3.63, 3.8) is 0 Å². The minimum Gasteiger partial charge on any atom is -0.497 e. The van der Waals surface area contributed by atoms with Crippen LogP contribution in [0.1, 0.15) is 12.5 Å². The van der Waals surface area contributed by atoms with Crippen molar-refractivity contribution < 1.29 is 9.53 Å². The molecule has 1 aliphatic heterocycles. The third-order valence-corrected chi connectivity index (χ3v) is 3.78. The van der Waals surface area contributed by atoms with E-state index in [0.29, 0.717) is 22.0 Å². The van der Waals surface area contributed by atoms with Gasteiger partial charge in [-0.05, 0) is 48.9 Å². The van der Waals surface area contributed by atoms with E-state index < -0.39 is 0 Å². The summed E-state index contributed by atoms with van der Waals surface area (Å²) in [6, 6.07) is 14.6. The zero-order chi connectivity index (χ0) is 16.4. The third-order valence-electron chi connectivity index (χ3n) is 3.54. The van der Waals surface area contributed by atoms with Crippen molar-refractivity contribution in [1.82, 2.24) is 0 Å². The Bertz CT molecular complexity index is 810. The van der Waals surface area contributed by atoms with Crippen molar-refractivity contribution in [3.05, 3.63) is 64.7 Å². The molecule has 0 atom stereocenters. The van der Waals surface area contributed by atoms with E-state index in [2.05, 4.69) is 5.10 Å². The normalized spacial score (nSPS) is 16.0. The quantitative estimate of drug-likeness (QED) is 0.795. The van der Waals surface area contributed by atoms with Crippen LogP contribution in [0.4, 0.5) is 5.69 Å². The van der Waals surface area contributed by atoms with Gasteiger partial charge in [-0.15, -0.1) is 0 Å². The van der Waals surface area contributed by atoms with Crippen LogP contribution < -0.4 is 9.75 Å². The highest BCUT2D eigenvalue weighted by atomic mass is 35.5. The Morgan fingerprint density at radius 1 is 1.17 bits per heavy atom. The molecule has 0 N–H and O–H groups in total. The fraction of sp³-hybridized carbons (Fsp3) is 0.111. The van der Waals surface area contributed by atoms with Gasteiger partial charge in [0.05, 0.1) is 24.1 Å². The van der Waals surface area contributed by atoms with Crippen LogP contribution in [0.25, 0.3) is 6.08 Å². The second-order valence-electron chi connectivity index (χ2n) is 5.11. The third kappa shape index (κ3) is 3.12.